The van der Waals surface area contributed by atoms with Crippen LogP contribution in [-0.4, -0.2) is 80.6 Å². The molecule has 0 saturated heterocycles. The number of unbranched alkanes of at least 4 members (excludes halogenated alkanes) is 18. The molecule has 8 nitrogen and oxygen atoms in total. The van der Waals surface area contributed by atoms with E-state index >= 15 is 0 Å². The minimum absolute atomic E-state index is 0.0294. The Morgan fingerprint density at radius 2 is 0.903 bits per heavy atom. The van der Waals surface area contributed by atoms with Gasteiger partial charge >= 0.3 is 17.9 Å². The smallest absolute Gasteiger partial charge is 0.362 e. The van der Waals surface area contributed by atoms with E-state index in [1.807, 2.05) is 33.3 Å². The van der Waals surface area contributed by atoms with Crippen molar-refractivity contribution in [1.29, 1.82) is 0 Å². The third kappa shape index (κ3) is 42.1. The zero-order chi connectivity index (χ0) is 45.6. The minimum Gasteiger partial charge on any atom is -0.477 e. The summed E-state index contributed by atoms with van der Waals surface area (Å²) in [6, 6.07) is -0.630. The highest BCUT2D eigenvalue weighted by Crippen LogP contribution is 2.16. The molecule has 8 heteroatoms. The monoisotopic (exact) mass is 869 g/mol. The normalized spacial score (nSPS) is 13.5. The number of carbonyl (C=O) groups is 3. The van der Waals surface area contributed by atoms with Crippen LogP contribution in [0.1, 0.15) is 200 Å². The molecule has 2 unspecified atom stereocenters. The molecule has 0 aliphatic heterocycles. The molecule has 0 aromatic heterocycles. The van der Waals surface area contributed by atoms with Gasteiger partial charge in [-0.1, -0.05) is 202 Å². The number of likely N-dealkylation sites (N-methyl/N-ethyl adjacent to an activating group) is 1. The fourth-order valence-corrected chi connectivity index (χ4v) is 7.06. The van der Waals surface area contributed by atoms with Gasteiger partial charge in [-0.05, 0) is 51.4 Å². The van der Waals surface area contributed by atoms with Crippen LogP contribution < -0.4 is 0 Å². The van der Waals surface area contributed by atoms with Gasteiger partial charge in [0, 0.05) is 19.3 Å². The number of carboxylic acid groups (broad SMARTS) is 1. The second kappa shape index (κ2) is 44.4. The highest BCUT2D eigenvalue weighted by atomic mass is 16.6. The van der Waals surface area contributed by atoms with Gasteiger partial charge in [0.05, 0.1) is 34.4 Å². The van der Waals surface area contributed by atoms with Gasteiger partial charge in [-0.3, -0.25) is 9.59 Å². The van der Waals surface area contributed by atoms with Crippen molar-refractivity contribution in [2.24, 2.45) is 0 Å². The van der Waals surface area contributed by atoms with Crippen molar-refractivity contribution in [1.82, 2.24) is 0 Å². The summed E-state index contributed by atoms with van der Waals surface area (Å²) in [5, 5.41) is 9.64. The van der Waals surface area contributed by atoms with Crippen LogP contribution in [0, 0.1) is 0 Å². The summed E-state index contributed by atoms with van der Waals surface area (Å²) < 4.78 is 17.3. The lowest BCUT2D eigenvalue weighted by atomic mass is 10.0. The maximum atomic E-state index is 12.7. The maximum absolute atomic E-state index is 12.7. The molecule has 1 N–H and O–H groups in total. The van der Waals surface area contributed by atoms with Crippen LogP contribution in [0.25, 0.3) is 0 Å². The number of hydrogen-bond acceptors (Lipinski definition) is 6. The highest BCUT2D eigenvalue weighted by Gasteiger charge is 2.31. The molecule has 2 atom stereocenters. The predicted octanol–water partition coefficient (Wildman–Crippen LogP) is 14.3. The maximum Gasteiger partial charge on any atom is 0.362 e. The van der Waals surface area contributed by atoms with Crippen LogP contribution in [0.15, 0.2) is 72.9 Å². The largest absolute Gasteiger partial charge is 0.477 e. The van der Waals surface area contributed by atoms with E-state index in [2.05, 4.69) is 74.6 Å². The zero-order valence-corrected chi connectivity index (χ0v) is 40.6. The molecule has 0 aromatic rings. The first-order valence-electron chi connectivity index (χ1n) is 25.0. The molecule has 356 valence electrons. The molecule has 0 radical (unpaired) electrons. The van der Waals surface area contributed by atoms with E-state index in [9.17, 15) is 19.5 Å². The topological polar surface area (TPSA) is 99.1 Å². The first-order valence-corrected chi connectivity index (χ1v) is 25.0. The molecule has 0 amide bonds. The lowest BCUT2D eigenvalue weighted by Crippen LogP contribution is -2.50. The van der Waals surface area contributed by atoms with Gasteiger partial charge in [-0.15, -0.1) is 0 Å². The van der Waals surface area contributed by atoms with E-state index in [1.165, 1.54) is 103 Å². The third-order valence-electron chi connectivity index (χ3n) is 10.9. The number of quaternary nitrogens is 1. The lowest BCUT2D eigenvalue weighted by molar-refractivity contribution is -0.887. The fourth-order valence-electron chi connectivity index (χ4n) is 7.06. The first kappa shape index (κ1) is 58.8. The van der Waals surface area contributed by atoms with Crippen molar-refractivity contribution in [3.8, 4) is 0 Å². The van der Waals surface area contributed by atoms with E-state index in [0.717, 1.165) is 57.8 Å². The molecule has 0 aliphatic carbocycles. The molecular formula is C54H94NO7+. The van der Waals surface area contributed by atoms with Gasteiger partial charge in [-0.2, -0.15) is 0 Å². The number of esters is 2. The summed E-state index contributed by atoms with van der Waals surface area (Å²) in [6.07, 6.45) is 56.8. The number of rotatable bonds is 44. The molecule has 0 bridgehead atoms. The Morgan fingerprint density at radius 1 is 0.500 bits per heavy atom. The number of carbonyl (C=O) groups excluding carboxylic acids is 2. The van der Waals surface area contributed by atoms with E-state index in [0.29, 0.717) is 19.3 Å². The van der Waals surface area contributed by atoms with Gasteiger partial charge in [0.15, 0.2) is 12.1 Å². The summed E-state index contributed by atoms with van der Waals surface area (Å²) in [4.78, 5) is 37.1. The second-order valence-electron chi connectivity index (χ2n) is 17.7. The van der Waals surface area contributed by atoms with E-state index in [1.54, 1.807) is 0 Å². The van der Waals surface area contributed by atoms with Crippen LogP contribution in [0.2, 0.25) is 0 Å². The summed E-state index contributed by atoms with van der Waals surface area (Å²) >= 11 is 0. The highest BCUT2D eigenvalue weighted by molar-refractivity contribution is 5.72. The molecule has 0 fully saturated rings. The SMILES string of the molecule is CC/C=C/C/C=C/C/C=C/C/C=C/C/C=C/C/C=C/CCC(=O)OC(COCCC(C(=O)O)[N+](C)(C)C)COC(=O)CCCCCCCCCCCCCCCCCCCCC. The number of ether oxygens (including phenoxy) is 3. The quantitative estimate of drug-likeness (QED) is 0.0282. The van der Waals surface area contributed by atoms with Crippen molar-refractivity contribution < 1.29 is 38.2 Å². The first-order chi connectivity index (χ1) is 30.1. The van der Waals surface area contributed by atoms with Crippen LogP contribution >= 0.6 is 0 Å². The Hall–Kier alpha value is -3.23. The van der Waals surface area contributed by atoms with Crippen LogP contribution in [-0.2, 0) is 28.6 Å². The summed E-state index contributed by atoms with van der Waals surface area (Å²) in [6.45, 7) is 4.56. The Kier molecular flexibility index (Phi) is 42.1. The van der Waals surface area contributed by atoms with Gasteiger partial charge in [-0.25, -0.2) is 4.79 Å². The number of aliphatic carboxylic acids is 1. The third-order valence-corrected chi connectivity index (χ3v) is 10.9. The molecule has 0 heterocycles. The summed E-state index contributed by atoms with van der Waals surface area (Å²) in [5.74, 6) is -1.57. The fraction of sp³-hybridized carbons (Fsp3) is 0.722. The average Bonchev–Trinajstić information content (AvgIpc) is 3.23. The van der Waals surface area contributed by atoms with Crippen molar-refractivity contribution in [3.63, 3.8) is 0 Å². The van der Waals surface area contributed by atoms with E-state index in [4.69, 9.17) is 14.2 Å². The van der Waals surface area contributed by atoms with Crippen molar-refractivity contribution in [2.75, 3.05) is 41.0 Å². The standard InChI is InChI=1S/C54H93NO7/c1-6-8-10-12-14-16-18-20-22-24-26-28-30-32-34-36-38-40-42-44-52(56)61-49-50(48-60-47-46-51(54(58)59)55(3,4)5)62-53(57)45-43-41-39-37-35-33-31-29-27-25-23-21-19-17-15-13-11-9-7-2/h9,11,15,17,21,23,27,29,33,35,39,41,50-51H,6-8,10,12-14,16,18-20,22,24-26,28,30-32,34,36-38,40,42-49H2,1-5H3/p+1/b11-9+,17-15+,23-21+,29-27+,35-33+,41-39+. The Labute approximate surface area is 381 Å². The predicted molar refractivity (Wildman–Crippen MR) is 261 cm³/mol. The number of nitrogens with zero attached hydrogens (tertiary/aromatic N) is 1. The average molecular weight is 869 g/mol. The van der Waals surface area contributed by atoms with Gasteiger partial charge in [0.25, 0.3) is 0 Å². The molecule has 0 spiro atoms. The van der Waals surface area contributed by atoms with Crippen LogP contribution in [0.3, 0.4) is 0 Å². The molecule has 0 aromatic carbocycles. The number of allylic oxidation sites excluding steroid dienone is 12. The van der Waals surface area contributed by atoms with E-state index in [-0.39, 0.29) is 42.7 Å². The lowest BCUT2D eigenvalue weighted by Gasteiger charge is -2.31. The van der Waals surface area contributed by atoms with Crippen LogP contribution in [0.4, 0.5) is 0 Å². The molecule has 62 heavy (non-hydrogen) atoms. The summed E-state index contributed by atoms with van der Waals surface area (Å²) in [7, 11) is 5.51. The van der Waals surface area contributed by atoms with Crippen molar-refractivity contribution in [2.45, 2.75) is 212 Å². The van der Waals surface area contributed by atoms with Gasteiger partial charge in [0.1, 0.15) is 6.61 Å². The molecule has 0 saturated carbocycles. The second-order valence-corrected chi connectivity index (χ2v) is 17.7. The van der Waals surface area contributed by atoms with Crippen molar-refractivity contribution in [3.05, 3.63) is 72.9 Å². The molecule has 0 aliphatic rings. The van der Waals surface area contributed by atoms with Gasteiger partial charge in [0.2, 0.25) is 0 Å². The Balaban J connectivity index is 4.37. The van der Waals surface area contributed by atoms with Crippen molar-refractivity contribution >= 4 is 17.9 Å². The van der Waals surface area contributed by atoms with E-state index < -0.39 is 18.1 Å². The molecule has 0 rings (SSSR count). The molecular weight excluding hydrogens is 775 g/mol. The van der Waals surface area contributed by atoms with Gasteiger partial charge < -0.3 is 23.8 Å². The Bertz CT molecular complexity index is 1240. The minimum atomic E-state index is -0.887. The Morgan fingerprint density at radius 3 is 1.31 bits per heavy atom. The number of carboxylic acids is 1. The number of hydrogen-bond donors (Lipinski definition) is 1. The summed E-state index contributed by atoms with van der Waals surface area (Å²) in [5.41, 5.74) is 0. The van der Waals surface area contributed by atoms with Crippen LogP contribution in [0.5, 0.6) is 0 Å². The zero-order valence-electron chi connectivity index (χ0n) is 40.6.